The van der Waals surface area contributed by atoms with E-state index in [-0.39, 0.29) is 11.3 Å². The van der Waals surface area contributed by atoms with Crippen molar-refractivity contribution in [2.75, 3.05) is 13.1 Å². The van der Waals surface area contributed by atoms with E-state index < -0.39 is 10.0 Å². The second kappa shape index (κ2) is 6.57. The Kier molecular flexibility index (Phi) is 5.72. The van der Waals surface area contributed by atoms with E-state index in [0.29, 0.717) is 6.54 Å². The lowest BCUT2D eigenvalue weighted by atomic mass is 10.3. The standard InChI is InChI=1S/C11H24N2O2S/c1-3-8-12-9-10(2)16(14,15)13-11-6-4-5-7-11/h10-13H,3-9H2,1-2H3. The Morgan fingerprint density at radius 2 is 1.94 bits per heavy atom. The molecule has 0 aromatic carbocycles. The smallest absolute Gasteiger partial charge is 0.215 e. The van der Waals surface area contributed by atoms with Crippen LogP contribution in [0.3, 0.4) is 0 Å². The molecule has 1 rings (SSSR count). The molecule has 0 heterocycles. The molecule has 96 valence electrons. The fourth-order valence-corrected chi connectivity index (χ4v) is 3.25. The van der Waals surface area contributed by atoms with E-state index in [1.807, 2.05) is 0 Å². The topological polar surface area (TPSA) is 58.2 Å². The second-order valence-electron chi connectivity index (χ2n) is 4.66. The molecular formula is C11H24N2O2S. The first-order valence-corrected chi connectivity index (χ1v) is 7.82. The molecule has 2 N–H and O–H groups in total. The van der Waals surface area contributed by atoms with E-state index in [1.54, 1.807) is 6.92 Å². The highest BCUT2D eigenvalue weighted by molar-refractivity contribution is 7.90. The molecule has 1 aliphatic rings. The molecule has 1 saturated carbocycles. The third kappa shape index (κ3) is 4.39. The SMILES string of the molecule is CCCNCC(C)S(=O)(=O)NC1CCCC1. The Labute approximate surface area is 99.2 Å². The summed E-state index contributed by atoms with van der Waals surface area (Å²) in [6.07, 6.45) is 5.32. The van der Waals surface area contributed by atoms with Crippen LogP contribution in [0.1, 0.15) is 46.0 Å². The van der Waals surface area contributed by atoms with Gasteiger partial charge in [-0.3, -0.25) is 0 Å². The maximum Gasteiger partial charge on any atom is 0.215 e. The first kappa shape index (κ1) is 13.9. The van der Waals surface area contributed by atoms with Gasteiger partial charge in [0.1, 0.15) is 0 Å². The minimum atomic E-state index is -3.14. The van der Waals surface area contributed by atoms with Crippen molar-refractivity contribution in [3.05, 3.63) is 0 Å². The summed E-state index contributed by atoms with van der Waals surface area (Å²) in [5.74, 6) is 0. The Bertz CT molecular complexity index is 284. The maximum absolute atomic E-state index is 11.9. The zero-order chi connectivity index (χ0) is 12.0. The molecular weight excluding hydrogens is 224 g/mol. The average molecular weight is 248 g/mol. The van der Waals surface area contributed by atoms with Crippen LogP contribution >= 0.6 is 0 Å². The highest BCUT2D eigenvalue weighted by atomic mass is 32.2. The summed E-state index contributed by atoms with van der Waals surface area (Å²) in [6, 6.07) is 0.179. The van der Waals surface area contributed by atoms with Gasteiger partial charge in [-0.15, -0.1) is 0 Å². The van der Waals surface area contributed by atoms with Gasteiger partial charge in [0.25, 0.3) is 0 Å². The van der Waals surface area contributed by atoms with Crippen LogP contribution in [0.25, 0.3) is 0 Å². The van der Waals surface area contributed by atoms with Crippen LogP contribution in [-0.2, 0) is 10.0 Å². The molecule has 0 radical (unpaired) electrons. The molecule has 5 heteroatoms. The lowest BCUT2D eigenvalue weighted by Crippen LogP contribution is -2.42. The number of rotatable bonds is 7. The lowest BCUT2D eigenvalue weighted by molar-refractivity contribution is 0.533. The fraction of sp³-hybridized carbons (Fsp3) is 1.00. The van der Waals surface area contributed by atoms with E-state index in [0.717, 1.165) is 38.6 Å². The molecule has 16 heavy (non-hydrogen) atoms. The molecule has 0 aliphatic heterocycles. The van der Waals surface area contributed by atoms with Crippen molar-refractivity contribution in [3.63, 3.8) is 0 Å². The first-order chi connectivity index (χ1) is 7.56. The molecule has 1 aliphatic carbocycles. The molecule has 0 aromatic rings. The van der Waals surface area contributed by atoms with Gasteiger partial charge in [-0.05, 0) is 32.7 Å². The highest BCUT2D eigenvalue weighted by Gasteiger charge is 2.25. The quantitative estimate of drug-likeness (QED) is 0.666. The summed E-state index contributed by atoms with van der Waals surface area (Å²) in [5.41, 5.74) is 0. The fourth-order valence-electron chi connectivity index (χ4n) is 1.98. The van der Waals surface area contributed by atoms with Gasteiger partial charge >= 0.3 is 0 Å². The van der Waals surface area contributed by atoms with Crippen molar-refractivity contribution in [2.45, 2.75) is 57.2 Å². The number of sulfonamides is 1. The Hall–Kier alpha value is -0.130. The normalized spacial score (nSPS) is 20.1. The molecule has 0 spiro atoms. The van der Waals surface area contributed by atoms with Crippen molar-refractivity contribution in [1.29, 1.82) is 0 Å². The lowest BCUT2D eigenvalue weighted by Gasteiger charge is -2.18. The minimum absolute atomic E-state index is 0.179. The molecule has 0 saturated heterocycles. The summed E-state index contributed by atoms with van der Waals surface area (Å²) >= 11 is 0. The monoisotopic (exact) mass is 248 g/mol. The molecule has 0 aromatic heterocycles. The third-order valence-corrected chi connectivity index (χ3v) is 4.96. The van der Waals surface area contributed by atoms with Crippen LogP contribution in [-0.4, -0.2) is 32.8 Å². The van der Waals surface area contributed by atoms with Crippen LogP contribution in [0.4, 0.5) is 0 Å². The Balaban J connectivity index is 2.36. The summed E-state index contributed by atoms with van der Waals surface area (Å²) in [6.45, 7) is 5.25. The average Bonchev–Trinajstić information content (AvgIpc) is 2.70. The van der Waals surface area contributed by atoms with E-state index in [9.17, 15) is 8.42 Å². The summed E-state index contributed by atoms with van der Waals surface area (Å²) in [7, 11) is -3.14. The molecule has 0 amide bonds. The van der Waals surface area contributed by atoms with Gasteiger partial charge in [0.05, 0.1) is 5.25 Å². The van der Waals surface area contributed by atoms with E-state index in [2.05, 4.69) is 17.0 Å². The molecule has 4 nitrogen and oxygen atoms in total. The van der Waals surface area contributed by atoms with Gasteiger partial charge in [-0.2, -0.15) is 0 Å². The molecule has 1 atom stereocenters. The van der Waals surface area contributed by atoms with Crippen LogP contribution in [0, 0.1) is 0 Å². The van der Waals surface area contributed by atoms with E-state index in [4.69, 9.17) is 0 Å². The van der Waals surface area contributed by atoms with Gasteiger partial charge in [0.15, 0.2) is 0 Å². The van der Waals surface area contributed by atoms with Gasteiger partial charge < -0.3 is 5.32 Å². The first-order valence-electron chi connectivity index (χ1n) is 6.28. The number of nitrogens with one attached hydrogen (secondary N) is 2. The Morgan fingerprint density at radius 1 is 1.31 bits per heavy atom. The molecule has 1 fully saturated rings. The summed E-state index contributed by atoms with van der Waals surface area (Å²) in [4.78, 5) is 0. The molecule has 0 bridgehead atoms. The van der Waals surface area contributed by atoms with Crippen LogP contribution in [0.5, 0.6) is 0 Å². The second-order valence-corrected chi connectivity index (χ2v) is 6.79. The van der Waals surface area contributed by atoms with Crippen molar-refractivity contribution in [2.24, 2.45) is 0 Å². The van der Waals surface area contributed by atoms with Crippen LogP contribution in [0.15, 0.2) is 0 Å². The van der Waals surface area contributed by atoms with Gasteiger partial charge in [-0.1, -0.05) is 19.8 Å². The predicted molar refractivity (Wildman–Crippen MR) is 66.9 cm³/mol. The molecule has 1 unspecified atom stereocenters. The van der Waals surface area contributed by atoms with Crippen LogP contribution in [0.2, 0.25) is 0 Å². The predicted octanol–water partition coefficient (Wildman–Crippen LogP) is 1.24. The zero-order valence-corrected chi connectivity index (χ0v) is 11.1. The van der Waals surface area contributed by atoms with Crippen molar-refractivity contribution in [3.8, 4) is 0 Å². The van der Waals surface area contributed by atoms with Gasteiger partial charge in [-0.25, -0.2) is 13.1 Å². The number of hydrogen-bond donors (Lipinski definition) is 2. The summed E-state index contributed by atoms with van der Waals surface area (Å²) in [5, 5.41) is 2.80. The Morgan fingerprint density at radius 3 is 2.50 bits per heavy atom. The van der Waals surface area contributed by atoms with Crippen molar-refractivity contribution < 1.29 is 8.42 Å². The minimum Gasteiger partial charge on any atom is -0.315 e. The van der Waals surface area contributed by atoms with Crippen molar-refractivity contribution in [1.82, 2.24) is 10.0 Å². The van der Waals surface area contributed by atoms with E-state index in [1.165, 1.54) is 0 Å². The van der Waals surface area contributed by atoms with E-state index >= 15 is 0 Å². The largest absolute Gasteiger partial charge is 0.315 e. The van der Waals surface area contributed by atoms with Gasteiger partial charge in [0.2, 0.25) is 10.0 Å². The number of hydrogen-bond acceptors (Lipinski definition) is 3. The highest BCUT2D eigenvalue weighted by Crippen LogP contribution is 2.19. The van der Waals surface area contributed by atoms with Gasteiger partial charge in [0, 0.05) is 12.6 Å². The summed E-state index contributed by atoms with van der Waals surface area (Å²) < 4.78 is 26.7. The van der Waals surface area contributed by atoms with Crippen LogP contribution < -0.4 is 10.0 Å². The zero-order valence-electron chi connectivity index (χ0n) is 10.3. The van der Waals surface area contributed by atoms with Crippen molar-refractivity contribution >= 4 is 10.0 Å². The maximum atomic E-state index is 11.9. The third-order valence-electron chi connectivity index (χ3n) is 3.07.